The van der Waals surface area contributed by atoms with Crippen molar-refractivity contribution in [3.63, 3.8) is 0 Å². The number of nitrogens with zero attached hydrogens (tertiary/aromatic N) is 1. The third-order valence-corrected chi connectivity index (χ3v) is 3.11. The molecule has 0 saturated heterocycles. The zero-order valence-electron chi connectivity index (χ0n) is 9.79. The van der Waals surface area contributed by atoms with E-state index < -0.39 is 18.3 Å². The van der Waals surface area contributed by atoms with Gasteiger partial charge in [0.05, 0.1) is 0 Å². The van der Waals surface area contributed by atoms with Gasteiger partial charge in [0.2, 0.25) is 0 Å². The lowest BCUT2D eigenvalue weighted by molar-refractivity contribution is 0.233. The predicted octanol–water partition coefficient (Wildman–Crippen LogP) is 5.11. The van der Waals surface area contributed by atoms with Gasteiger partial charge in [0.25, 0.3) is 5.24 Å². The van der Waals surface area contributed by atoms with Crippen LogP contribution in [0.1, 0.15) is 6.42 Å². The molecule has 0 bridgehead atoms. The molecule has 0 fully saturated rings. The average molecular weight is 334 g/mol. The Balaban J connectivity index is 4.27. The van der Waals surface area contributed by atoms with Crippen LogP contribution < -0.4 is 0 Å². The Kier molecular flexibility index (Phi) is 10.9. The summed E-state index contributed by atoms with van der Waals surface area (Å²) in [4.78, 5) is 13.1. The highest BCUT2D eigenvalue weighted by Crippen LogP contribution is 2.18. The first-order valence-electron chi connectivity index (χ1n) is 5.14. The molecule has 0 spiro atoms. The number of rotatable bonds is 7. The Morgan fingerprint density at radius 3 is 2.05 bits per heavy atom. The summed E-state index contributed by atoms with van der Waals surface area (Å²) in [5.41, 5.74) is 2.52. The number of halogens is 5. The van der Waals surface area contributed by atoms with Gasteiger partial charge in [-0.25, -0.2) is 4.39 Å². The van der Waals surface area contributed by atoms with E-state index in [0.29, 0.717) is 0 Å². The summed E-state index contributed by atoms with van der Waals surface area (Å²) < 4.78 is 36.1. The van der Waals surface area contributed by atoms with Crippen molar-refractivity contribution in [2.75, 3.05) is 18.8 Å². The summed E-state index contributed by atoms with van der Waals surface area (Å²) in [6, 6.07) is 0. The summed E-state index contributed by atoms with van der Waals surface area (Å²) >= 11 is 11.5. The molecule has 0 aromatic rings. The largest absolute Gasteiger partial charge is 0.326 e. The maximum Gasteiger partial charge on any atom is 0.301 e. The fraction of sp³-hybridized carbons (Fsp3) is 0.364. The zero-order valence-corrected chi connectivity index (χ0v) is 12.1. The van der Waals surface area contributed by atoms with E-state index >= 15 is 0 Å². The van der Waals surface area contributed by atoms with Crippen LogP contribution in [0.25, 0.3) is 0 Å². The van der Waals surface area contributed by atoms with Crippen molar-refractivity contribution >= 4 is 40.2 Å². The molecule has 2 nitrogen and oxygen atoms in total. The number of allylic oxidation sites excluding steroid dienone is 1. The molecule has 0 rings (SSSR count). The monoisotopic (exact) mass is 333 g/mol. The molecule has 0 aromatic heterocycles. The van der Waals surface area contributed by atoms with E-state index in [1.54, 1.807) is 12.2 Å². The third-order valence-electron chi connectivity index (χ3n) is 1.84. The molecule has 0 saturated carbocycles. The second-order valence-electron chi connectivity index (χ2n) is 3.16. The lowest BCUT2D eigenvalue weighted by Gasteiger charge is -2.18. The van der Waals surface area contributed by atoms with Gasteiger partial charge in [-0.15, -0.1) is 0 Å². The van der Waals surface area contributed by atoms with Crippen molar-refractivity contribution in [1.29, 1.82) is 0 Å². The molecule has 19 heavy (non-hydrogen) atoms. The second kappa shape index (κ2) is 11.3. The first-order valence-corrected chi connectivity index (χ1v) is 7.00. The van der Waals surface area contributed by atoms with E-state index in [1.807, 2.05) is 0 Å². The highest BCUT2D eigenvalue weighted by Gasteiger charge is 2.13. The predicted molar refractivity (Wildman–Crippen MR) is 74.4 cm³/mol. The smallest absolute Gasteiger partial charge is 0.301 e. The molecule has 0 aliphatic carbocycles. The summed E-state index contributed by atoms with van der Waals surface area (Å²) in [5.74, 6) is -1.55. The van der Waals surface area contributed by atoms with Crippen molar-refractivity contribution < 1.29 is 18.0 Å². The molecule has 0 aliphatic heterocycles. The van der Waals surface area contributed by atoms with Crippen LogP contribution in [-0.4, -0.2) is 29.0 Å². The van der Waals surface area contributed by atoms with Crippen molar-refractivity contribution in [2.24, 2.45) is 0 Å². The molecule has 8 heteroatoms. The normalized spacial score (nSPS) is 11.2. The standard InChI is InChI=1S/C11H12Cl2F3NOS/c12-4-1-6-17(7-2-5-13)11(18)19-8-3-9(14)10(15)16/h1-2,4-5H,3,6-8H2. The van der Waals surface area contributed by atoms with E-state index in [-0.39, 0.29) is 24.1 Å². The Morgan fingerprint density at radius 2 is 1.63 bits per heavy atom. The lowest BCUT2D eigenvalue weighted by Crippen LogP contribution is -2.28. The number of hydrogen-bond acceptors (Lipinski definition) is 2. The molecular weight excluding hydrogens is 322 g/mol. The van der Waals surface area contributed by atoms with E-state index in [1.165, 1.54) is 16.0 Å². The Labute approximate surface area is 123 Å². The molecule has 108 valence electrons. The average Bonchev–Trinajstić information content (AvgIpc) is 2.38. The van der Waals surface area contributed by atoms with Crippen molar-refractivity contribution in [2.45, 2.75) is 6.42 Å². The van der Waals surface area contributed by atoms with Gasteiger partial charge < -0.3 is 4.90 Å². The first-order chi connectivity index (χ1) is 9.02. The van der Waals surface area contributed by atoms with Crippen molar-refractivity contribution in [1.82, 2.24) is 4.90 Å². The van der Waals surface area contributed by atoms with Gasteiger partial charge in [-0.1, -0.05) is 47.1 Å². The molecule has 0 N–H and O–H groups in total. The van der Waals surface area contributed by atoms with Crippen LogP contribution in [0.5, 0.6) is 0 Å². The molecule has 0 aliphatic rings. The fourth-order valence-electron chi connectivity index (χ4n) is 0.971. The number of carbonyl (C=O) groups is 1. The van der Waals surface area contributed by atoms with Gasteiger partial charge in [0.1, 0.15) is 0 Å². The molecular formula is C11H12Cl2F3NOS. The molecule has 0 atom stereocenters. The van der Waals surface area contributed by atoms with Gasteiger partial charge in [0.15, 0.2) is 5.83 Å². The number of thioether (sulfide) groups is 1. The molecule has 0 radical (unpaired) electrons. The minimum atomic E-state index is -2.35. The fourth-order valence-corrected chi connectivity index (χ4v) is 1.92. The lowest BCUT2D eigenvalue weighted by atomic mass is 10.4. The van der Waals surface area contributed by atoms with E-state index in [0.717, 1.165) is 11.8 Å². The van der Waals surface area contributed by atoms with Gasteiger partial charge in [-0.3, -0.25) is 4.79 Å². The molecule has 1 amide bonds. The van der Waals surface area contributed by atoms with Crippen molar-refractivity contribution in [3.05, 3.63) is 35.1 Å². The Bertz CT molecular complexity index is 357. The van der Waals surface area contributed by atoms with Gasteiger partial charge in [-0.2, -0.15) is 8.78 Å². The molecule has 0 unspecified atom stereocenters. The highest BCUT2D eigenvalue weighted by molar-refractivity contribution is 8.13. The van der Waals surface area contributed by atoms with Crippen LogP contribution >= 0.6 is 35.0 Å². The SMILES string of the molecule is O=C(SCCC(F)=C(F)F)N(CC=CCl)CC=CCl. The zero-order chi connectivity index (χ0) is 14.7. The van der Waals surface area contributed by atoms with E-state index in [2.05, 4.69) is 0 Å². The quantitative estimate of drug-likeness (QED) is 0.644. The minimum absolute atomic E-state index is 0.0618. The summed E-state index contributed by atoms with van der Waals surface area (Å²) in [6.07, 6.45) is 0.261. The maximum absolute atomic E-state index is 12.5. The van der Waals surface area contributed by atoms with Crippen LogP contribution in [0.15, 0.2) is 35.1 Å². The van der Waals surface area contributed by atoms with Crippen molar-refractivity contribution in [3.8, 4) is 0 Å². The third kappa shape index (κ3) is 9.02. The number of amides is 1. The number of hydrogen-bond donors (Lipinski definition) is 0. The highest BCUT2D eigenvalue weighted by atomic mass is 35.5. The Morgan fingerprint density at radius 1 is 1.11 bits per heavy atom. The van der Waals surface area contributed by atoms with Crippen LogP contribution in [0.3, 0.4) is 0 Å². The van der Waals surface area contributed by atoms with Gasteiger partial charge >= 0.3 is 6.08 Å². The van der Waals surface area contributed by atoms with E-state index in [9.17, 15) is 18.0 Å². The van der Waals surface area contributed by atoms with Gasteiger partial charge in [-0.05, 0) is 0 Å². The van der Waals surface area contributed by atoms with Crippen LogP contribution in [0.2, 0.25) is 0 Å². The molecule has 0 aromatic carbocycles. The summed E-state index contributed by atoms with van der Waals surface area (Å²) in [6.45, 7) is 0.513. The van der Waals surface area contributed by atoms with Crippen LogP contribution in [0.4, 0.5) is 18.0 Å². The second-order valence-corrected chi connectivity index (χ2v) is 4.71. The maximum atomic E-state index is 12.5. The van der Waals surface area contributed by atoms with E-state index in [4.69, 9.17) is 23.2 Å². The van der Waals surface area contributed by atoms with Crippen LogP contribution in [-0.2, 0) is 0 Å². The van der Waals surface area contributed by atoms with Crippen LogP contribution in [0, 0.1) is 0 Å². The Hall–Kier alpha value is -0.590. The number of carbonyl (C=O) groups excluding carboxylic acids is 1. The summed E-state index contributed by atoms with van der Waals surface area (Å²) in [5, 5.41) is -0.364. The van der Waals surface area contributed by atoms with Gasteiger partial charge in [0, 0.05) is 36.3 Å². The topological polar surface area (TPSA) is 20.3 Å². The minimum Gasteiger partial charge on any atom is -0.326 e. The first kappa shape index (κ1) is 18.4. The summed E-state index contributed by atoms with van der Waals surface area (Å²) in [7, 11) is 0. The molecule has 0 heterocycles.